The standard InChI is InChI=1S/C15H13NO4/c1-10-3-5-12(16(18)19)8-13(10)14-7-11(9-17)4-6-15(14)20-2/h3-9H,1-2H3. The van der Waals surface area contributed by atoms with Gasteiger partial charge in [0, 0.05) is 23.3 Å². The van der Waals surface area contributed by atoms with E-state index in [-0.39, 0.29) is 5.69 Å². The van der Waals surface area contributed by atoms with E-state index in [2.05, 4.69) is 0 Å². The number of non-ortho nitro benzene ring substituents is 1. The molecule has 0 N–H and O–H groups in total. The quantitative estimate of drug-likeness (QED) is 0.485. The van der Waals surface area contributed by atoms with E-state index in [4.69, 9.17) is 4.74 Å². The number of ether oxygens (including phenoxy) is 1. The zero-order valence-corrected chi connectivity index (χ0v) is 11.1. The molecular weight excluding hydrogens is 258 g/mol. The lowest BCUT2D eigenvalue weighted by molar-refractivity contribution is -0.384. The van der Waals surface area contributed by atoms with Crippen LogP contribution < -0.4 is 4.74 Å². The maximum absolute atomic E-state index is 10.9. The predicted octanol–water partition coefficient (Wildman–Crippen LogP) is 3.39. The van der Waals surface area contributed by atoms with E-state index in [0.717, 1.165) is 11.8 Å². The molecule has 20 heavy (non-hydrogen) atoms. The first-order valence-electron chi connectivity index (χ1n) is 5.95. The molecule has 0 fully saturated rings. The van der Waals surface area contributed by atoms with Crippen LogP contribution in [0.15, 0.2) is 36.4 Å². The van der Waals surface area contributed by atoms with Gasteiger partial charge in [0.25, 0.3) is 5.69 Å². The van der Waals surface area contributed by atoms with Gasteiger partial charge in [0.1, 0.15) is 12.0 Å². The molecule has 2 rings (SSSR count). The summed E-state index contributed by atoms with van der Waals surface area (Å²) >= 11 is 0. The van der Waals surface area contributed by atoms with Crippen molar-refractivity contribution in [1.82, 2.24) is 0 Å². The largest absolute Gasteiger partial charge is 0.496 e. The zero-order valence-electron chi connectivity index (χ0n) is 11.1. The average molecular weight is 271 g/mol. The van der Waals surface area contributed by atoms with Crippen LogP contribution in [0.4, 0.5) is 5.69 Å². The van der Waals surface area contributed by atoms with Crippen LogP contribution in [0.2, 0.25) is 0 Å². The molecular formula is C15H13NO4. The van der Waals surface area contributed by atoms with Crippen LogP contribution in [0.1, 0.15) is 15.9 Å². The summed E-state index contributed by atoms with van der Waals surface area (Å²) in [6.45, 7) is 1.85. The molecule has 0 radical (unpaired) electrons. The molecule has 0 heterocycles. The lowest BCUT2D eigenvalue weighted by Crippen LogP contribution is -1.94. The second kappa shape index (κ2) is 5.52. The fourth-order valence-corrected chi connectivity index (χ4v) is 2.02. The van der Waals surface area contributed by atoms with Crippen molar-refractivity contribution < 1.29 is 14.5 Å². The lowest BCUT2D eigenvalue weighted by Gasteiger charge is -2.11. The first kappa shape index (κ1) is 13.7. The molecule has 0 saturated carbocycles. The summed E-state index contributed by atoms with van der Waals surface area (Å²) in [5.74, 6) is 0.569. The first-order valence-corrected chi connectivity index (χ1v) is 5.95. The van der Waals surface area contributed by atoms with Gasteiger partial charge < -0.3 is 4.74 Å². The van der Waals surface area contributed by atoms with Gasteiger partial charge in [0.2, 0.25) is 0 Å². The molecule has 0 aromatic heterocycles. The number of hydrogen-bond acceptors (Lipinski definition) is 4. The Balaban J connectivity index is 2.68. The fourth-order valence-electron chi connectivity index (χ4n) is 2.02. The fraction of sp³-hybridized carbons (Fsp3) is 0.133. The number of aryl methyl sites for hydroxylation is 1. The third kappa shape index (κ3) is 2.51. The first-order chi connectivity index (χ1) is 9.56. The minimum Gasteiger partial charge on any atom is -0.496 e. The van der Waals surface area contributed by atoms with E-state index in [1.54, 1.807) is 24.3 Å². The second-order valence-electron chi connectivity index (χ2n) is 4.33. The normalized spacial score (nSPS) is 10.1. The van der Waals surface area contributed by atoms with Gasteiger partial charge in [-0.1, -0.05) is 6.07 Å². The molecule has 0 saturated heterocycles. The highest BCUT2D eigenvalue weighted by molar-refractivity contribution is 5.83. The van der Waals surface area contributed by atoms with Crippen molar-refractivity contribution >= 4 is 12.0 Å². The van der Waals surface area contributed by atoms with Crippen molar-refractivity contribution in [3.63, 3.8) is 0 Å². The minimum atomic E-state index is -0.445. The van der Waals surface area contributed by atoms with E-state index >= 15 is 0 Å². The average Bonchev–Trinajstić information content (AvgIpc) is 2.46. The van der Waals surface area contributed by atoms with Gasteiger partial charge in [0.15, 0.2) is 0 Å². The third-order valence-electron chi connectivity index (χ3n) is 3.08. The highest BCUT2D eigenvalue weighted by atomic mass is 16.6. The number of aldehydes is 1. The number of hydrogen-bond donors (Lipinski definition) is 0. The van der Waals surface area contributed by atoms with Gasteiger partial charge in [-0.05, 0) is 36.2 Å². The van der Waals surface area contributed by atoms with Gasteiger partial charge in [-0.3, -0.25) is 14.9 Å². The highest BCUT2D eigenvalue weighted by Gasteiger charge is 2.14. The van der Waals surface area contributed by atoms with Gasteiger partial charge in [-0.2, -0.15) is 0 Å². The summed E-state index contributed by atoms with van der Waals surface area (Å²) in [5.41, 5.74) is 2.71. The van der Waals surface area contributed by atoms with Crippen LogP contribution in [0.25, 0.3) is 11.1 Å². The monoisotopic (exact) mass is 271 g/mol. The Morgan fingerprint density at radius 1 is 1.15 bits per heavy atom. The maximum atomic E-state index is 10.9. The van der Waals surface area contributed by atoms with E-state index in [1.807, 2.05) is 6.92 Å². The molecule has 0 aliphatic heterocycles. The molecule has 0 spiro atoms. The lowest BCUT2D eigenvalue weighted by atomic mass is 9.97. The molecule has 2 aromatic rings. The number of nitro groups is 1. The van der Waals surface area contributed by atoms with Gasteiger partial charge >= 0.3 is 0 Å². The van der Waals surface area contributed by atoms with Gasteiger partial charge in [-0.25, -0.2) is 0 Å². The Morgan fingerprint density at radius 2 is 1.90 bits per heavy atom. The summed E-state index contributed by atoms with van der Waals surface area (Å²) in [6.07, 6.45) is 0.732. The molecule has 5 nitrogen and oxygen atoms in total. The Morgan fingerprint density at radius 3 is 2.50 bits per heavy atom. The SMILES string of the molecule is COc1ccc(C=O)cc1-c1cc([N+](=O)[O-])ccc1C. The molecule has 0 unspecified atom stereocenters. The predicted molar refractivity (Wildman–Crippen MR) is 75.2 cm³/mol. The summed E-state index contributed by atoms with van der Waals surface area (Å²) in [7, 11) is 1.52. The van der Waals surface area contributed by atoms with Gasteiger partial charge in [0.05, 0.1) is 12.0 Å². The van der Waals surface area contributed by atoms with E-state index in [9.17, 15) is 14.9 Å². The number of methoxy groups -OCH3 is 1. The number of carbonyl (C=O) groups is 1. The molecule has 0 aliphatic rings. The number of rotatable bonds is 4. The van der Waals surface area contributed by atoms with Crippen LogP contribution in [0.5, 0.6) is 5.75 Å². The summed E-state index contributed by atoms with van der Waals surface area (Å²) < 4.78 is 5.27. The number of benzene rings is 2. The number of carbonyl (C=O) groups excluding carboxylic acids is 1. The second-order valence-corrected chi connectivity index (χ2v) is 4.33. The Labute approximate surface area is 116 Å². The Bertz CT molecular complexity index is 680. The number of nitrogens with zero attached hydrogens (tertiary/aromatic N) is 1. The van der Waals surface area contributed by atoms with Crippen molar-refractivity contribution in [2.75, 3.05) is 7.11 Å². The van der Waals surface area contributed by atoms with Crippen molar-refractivity contribution in [3.05, 3.63) is 57.6 Å². The van der Waals surface area contributed by atoms with Crippen molar-refractivity contribution in [3.8, 4) is 16.9 Å². The Kier molecular flexibility index (Phi) is 3.79. The van der Waals surface area contributed by atoms with Crippen molar-refractivity contribution in [2.24, 2.45) is 0 Å². The van der Waals surface area contributed by atoms with E-state index in [0.29, 0.717) is 22.4 Å². The van der Waals surface area contributed by atoms with Crippen molar-refractivity contribution in [1.29, 1.82) is 0 Å². The third-order valence-corrected chi connectivity index (χ3v) is 3.08. The zero-order chi connectivity index (χ0) is 14.7. The van der Waals surface area contributed by atoms with Crippen molar-refractivity contribution in [2.45, 2.75) is 6.92 Å². The highest BCUT2D eigenvalue weighted by Crippen LogP contribution is 2.34. The van der Waals surface area contributed by atoms with E-state index < -0.39 is 4.92 Å². The maximum Gasteiger partial charge on any atom is 0.270 e. The molecule has 0 atom stereocenters. The van der Waals surface area contributed by atoms with Crippen LogP contribution in [0.3, 0.4) is 0 Å². The van der Waals surface area contributed by atoms with E-state index in [1.165, 1.54) is 19.2 Å². The summed E-state index contributed by atoms with van der Waals surface area (Å²) in [6, 6.07) is 9.61. The molecule has 0 bridgehead atoms. The summed E-state index contributed by atoms with van der Waals surface area (Å²) in [4.78, 5) is 21.3. The van der Waals surface area contributed by atoms with Gasteiger partial charge in [-0.15, -0.1) is 0 Å². The number of nitro benzene ring substituents is 1. The molecule has 102 valence electrons. The van der Waals surface area contributed by atoms with Crippen LogP contribution in [-0.4, -0.2) is 18.3 Å². The van der Waals surface area contributed by atoms with Crippen LogP contribution in [0, 0.1) is 17.0 Å². The molecule has 5 heteroatoms. The minimum absolute atomic E-state index is 0.00385. The Hall–Kier alpha value is -2.69. The topological polar surface area (TPSA) is 69.4 Å². The smallest absolute Gasteiger partial charge is 0.270 e. The molecule has 0 aliphatic carbocycles. The van der Waals surface area contributed by atoms with Crippen LogP contribution in [-0.2, 0) is 0 Å². The molecule has 2 aromatic carbocycles. The summed E-state index contributed by atoms with van der Waals surface area (Å²) in [5, 5.41) is 10.9. The molecule has 0 amide bonds. The van der Waals surface area contributed by atoms with Crippen LogP contribution >= 0.6 is 0 Å².